The molecule has 0 N–H and O–H groups in total. The summed E-state index contributed by atoms with van der Waals surface area (Å²) in [6.07, 6.45) is 0. The molecule has 0 unspecified atom stereocenters. The molecule has 0 saturated carbocycles. The molecule has 0 rings (SSSR count). The third-order valence-corrected chi connectivity index (χ3v) is 0. The van der Waals surface area contributed by atoms with Crippen LogP contribution in [-0.2, 0) is 17.9 Å². The third kappa shape index (κ3) is 78.2. The molecule has 0 bridgehead atoms. The second kappa shape index (κ2) is 4.64. The normalized spacial score (nSPS) is 5.40. The molecule has 0 nitrogen and oxygen atoms in total. The molecule has 0 aromatic heterocycles. The molecule has 2 heteroatoms. The predicted molar refractivity (Wildman–Crippen MR) is 20.1 cm³/mol. The molecular formula is C3H10FTi. The summed E-state index contributed by atoms with van der Waals surface area (Å²) in [6.45, 7) is 0. The molecule has 5 heavy (non-hydrogen) atoms. The summed E-state index contributed by atoms with van der Waals surface area (Å²) in [6, 6.07) is 0. The van der Waals surface area contributed by atoms with Gasteiger partial charge in [0.1, 0.15) is 0 Å². The summed E-state index contributed by atoms with van der Waals surface area (Å²) in [5.74, 6) is 0. The van der Waals surface area contributed by atoms with Gasteiger partial charge in [-0.3, -0.25) is 4.70 Å². The molecule has 0 atom stereocenters. The van der Waals surface area contributed by atoms with Crippen molar-refractivity contribution < 1.29 is 22.6 Å². The fourth-order valence-electron chi connectivity index (χ4n) is 0. The third-order valence-electron chi connectivity index (χ3n) is 0. The van der Waals surface area contributed by atoms with Crippen LogP contribution in [0.5, 0.6) is 0 Å². The fourth-order valence-corrected chi connectivity index (χ4v) is 0. The van der Waals surface area contributed by atoms with Gasteiger partial charge in [0.15, 0.2) is 0 Å². The molecule has 0 aliphatic rings. The van der Waals surface area contributed by atoms with Crippen LogP contribution in [0, 0.1) is 0 Å². The van der Waals surface area contributed by atoms with Gasteiger partial charge in [-0.1, -0.05) is 0 Å². The zero-order chi connectivity index (χ0) is 3.58. The van der Waals surface area contributed by atoms with Crippen LogP contribution in [0.25, 0.3) is 0 Å². The summed E-state index contributed by atoms with van der Waals surface area (Å²) < 4.78 is 0. The molecule has 0 amide bonds. The van der Waals surface area contributed by atoms with Crippen LogP contribution in [0.3, 0.4) is 0 Å². The van der Waals surface area contributed by atoms with Crippen LogP contribution < -0.4 is 0 Å². The first-order valence-electron chi connectivity index (χ1n) is 1.50. The van der Waals surface area contributed by atoms with Crippen molar-refractivity contribution in [2.24, 2.45) is 0 Å². The molecule has 0 aliphatic heterocycles. The summed E-state index contributed by atoms with van der Waals surface area (Å²) in [7, 11) is 0. The summed E-state index contributed by atoms with van der Waals surface area (Å²) in [4.78, 5) is 0. The van der Waals surface area contributed by atoms with Gasteiger partial charge in [-0.15, -0.1) is 0 Å². The quantitative estimate of drug-likeness (QED) is 0.421. The van der Waals surface area contributed by atoms with Crippen molar-refractivity contribution in [3.63, 3.8) is 0 Å². The monoisotopic (exact) mass is 113 g/mol. The Labute approximate surface area is 38.8 Å². The van der Waals surface area contributed by atoms with E-state index in [1.807, 2.05) is 0 Å². The maximum absolute atomic E-state index is 2.33. The van der Waals surface area contributed by atoms with Crippen LogP contribution in [0.4, 0.5) is 4.70 Å². The van der Waals surface area contributed by atoms with Crippen LogP contribution in [0.1, 0.15) is 0 Å². The van der Waals surface area contributed by atoms with Gasteiger partial charge in [0, 0.05) is 0 Å². The Morgan fingerprint density at radius 3 is 1.00 bits per heavy atom. The van der Waals surface area contributed by atoms with Gasteiger partial charge in [-0.05, 0) is 0 Å². The van der Waals surface area contributed by atoms with E-state index in [-0.39, 0.29) is 22.6 Å². The second-order valence-corrected chi connectivity index (χ2v) is 6.18. The molecule has 33 valence electrons. The Hall–Kier alpha value is 0.644. The van der Waals surface area contributed by atoms with Crippen molar-refractivity contribution in [2.75, 3.05) is 0 Å². The second-order valence-electron chi connectivity index (χ2n) is 1.50. The van der Waals surface area contributed by atoms with Gasteiger partial charge in [0.25, 0.3) is 0 Å². The molecule has 0 heterocycles. The molecule has 0 aromatic rings. The number of hydrogen-bond donors (Lipinski definition) is 0. The number of halogens is 1. The number of rotatable bonds is 0. The minimum atomic E-state index is -0.333. The van der Waals surface area contributed by atoms with E-state index in [0.717, 1.165) is 0 Å². The van der Waals surface area contributed by atoms with Crippen molar-refractivity contribution in [3.05, 3.63) is 0 Å². The molecule has 0 saturated heterocycles. The van der Waals surface area contributed by atoms with E-state index in [2.05, 4.69) is 15.7 Å². The van der Waals surface area contributed by atoms with Crippen LogP contribution in [-0.4, -0.2) is 0 Å². The van der Waals surface area contributed by atoms with Crippen molar-refractivity contribution in [1.82, 2.24) is 0 Å². The van der Waals surface area contributed by atoms with Gasteiger partial charge in [-0.2, -0.15) is 0 Å². The Bertz CT molecular complexity index is 11.6. The zero-order valence-corrected chi connectivity index (χ0v) is 5.47. The summed E-state index contributed by atoms with van der Waals surface area (Å²) in [5, 5.41) is 7.00. The Morgan fingerprint density at radius 2 is 1.00 bits per heavy atom. The molecule has 0 fully saturated rings. The van der Waals surface area contributed by atoms with E-state index < -0.39 is 0 Å². The Kier molecular flexibility index (Phi) is 8.51. The van der Waals surface area contributed by atoms with Crippen LogP contribution in [0.2, 0.25) is 15.7 Å². The van der Waals surface area contributed by atoms with E-state index in [4.69, 9.17) is 0 Å². The average molecular weight is 113 g/mol. The van der Waals surface area contributed by atoms with Gasteiger partial charge < -0.3 is 0 Å². The molecule has 0 radical (unpaired) electrons. The van der Waals surface area contributed by atoms with Crippen molar-refractivity contribution in [3.8, 4) is 0 Å². The maximum atomic E-state index is 2.33. The number of hydrogen-bond acceptors (Lipinski definition) is 0. The first-order valence-corrected chi connectivity index (χ1v) is 6.18. The van der Waals surface area contributed by atoms with E-state index in [1.54, 1.807) is 0 Å². The topological polar surface area (TPSA) is 0 Å². The molecule has 0 aliphatic carbocycles. The van der Waals surface area contributed by atoms with Gasteiger partial charge in [0.05, 0.1) is 0 Å². The van der Waals surface area contributed by atoms with Gasteiger partial charge >= 0.3 is 33.6 Å². The predicted octanol–water partition coefficient (Wildman–Crippen LogP) is 1.90. The SMILES string of the molecule is F.[CH3][Ti]([CH3])[CH3]. The van der Waals surface area contributed by atoms with Gasteiger partial charge in [-0.25, -0.2) is 0 Å². The van der Waals surface area contributed by atoms with Crippen LogP contribution >= 0.6 is 0 Å². The van der Waals surface area contributed by atoms with Crippen LogP contribution in [0.15, 0.2) is 0 Å². The average Bonchev–Trinajstić information content (AvgIpc) is 0.811. The Morgan fingerprint density at radius 1 is 1.00 bits per heavy atom. The first-order chi connectivity index (χ1) is 1.73. The van der Waals surface area contributed by atoms with E-state index in [1.165, 1.54) is 0 Å². The van der Waals surface area contributed by atoms with E-state index >= 15 is 0 Å². The summed E-state index contributed by atoms with van der Waals surface area (Å²) >= 11 is -0.333. The zero-order valence-electron chi connectivity index (χ0n) is 3.91. The Balaban J connectivity index is 0. The molecule has 0 spiro atoms. The van der Waals surface area contributed by atoms with E-state index in [0.29, 0.717) is 0 Å². The van der Waals surface area contributed by atoms with Crippen molar-refractivity contribution in [2.45, 2.75) is 15.7 Å². The standard InChI is InChI=1S/3CH3.FH.Ti/h3*1H3;1H;. The first kappa shape index (κ1) is 9.17. The van der Waals surface area contributed by atoms with Crippen molar-refractivity contribution >= 4 is 0 Å². The van der Waals surface area contributed by atoms with Crippen molar-refractivity contribution in [1.29, 1.82) is 0 Å². The minimum absolute atomic E-state index is 0. The fraction of sp³-hybridized carbons (Fsp3) is 1.00. The van der Waals surface area contributed by atoms with Gasteiger partial charge in [0.2, 0.25) is 0 Å². The molecular weight excluding hydrogens is 103 g/mol. The summed E-state index contributed by atoms with van der Waals surface area (Å²) in [5.41, 5.74) is 0. The molecule has 0 aromatic carbocycles. The van der Waals surface area contributed by atoms with E-state index in [9.17, 15) is 0 Å².